The summed E-state index contributed by atoms with van der Waals surface area (Å²) in [5, 5.41) is 4.19. The maximum absolute atomic E-state index is 12.3. The first-order valence-electron chi connectivity index (χ1n) is 9.09. The summed E-state index contributed by atoms with van der Waals surface area (Å²) in [6, 6.07) is 8.15. The Bertz CT molecular complexity index is 675. The third-order valence-corrected chi connectivity index (χ3v) is 4.72. The topological polar surface area (TPSA) is 57.2 Å². The van der Waals surface area contributed by atoms with Gasteiger partial charge in [0, 0.05) is 31.2 Å². The van der Waals surface area contributed by atoms with Crippen LogP contribution in [-0.4, -0.2) is 66.2 Å². The number of carbonyl (C=O) groups is 1. The second-order valence-electron chi connectivity index (χ2n) is 7.74. The minimum atomic E-state index is -0.464. The van der Waals surface area contributed by atoms with E-state index >= 15 is 0 Å². The molecule has 0 bridgehead atoms. The van der Waals surface area contributed by atoms with Crippen LogP contribution in [0, 0.1) is 0 Å². The number of piperazine rings is 1. The van der Waals surface area contributed by atoms with Gasteiger partial charge in [-0.2, -0.15) is 0 Å². The molecule has 0 aromatic heterocycles. The highest BCUT2D eigenvalue weighted by Crippen LogP contribution is 2.18. The second kappa shape index (κ2) is 9.32. The van der Waals surface area contributed by atoms with E-state index in [0.717, 1.165) is 30.5 Å². The molecule has 0 aliphatic carbocycles. The number of carbonyl (C=O) groups excluding carboxylic acids is 1. The molecule has 1 aromatic rings. The van der Waals surface area contributed by atoms with Crippen molar-refractivity contribution in [3.05, 3.63) is 34.9 Å². The quantitative estimate of drug-likeness (QED) is 0.639. The van der Waals surface area contributed by atoms with Crippen LogP contribution >= 0.6 is 35.6 Å². The molecule has 1 saturated heterocycles. The van der Waals surface area contributed by atoms with E-state index in [4.69, 9.17) is 16.3 Å². The molecule has 1 atom stereocenters. The van der Waals surface area contributed by atoms with Gasteiger partial charge >= 0.3 is 6.09 Å². The lowest BCUT2D eigenvalue weighted by atomic mass is 10.1. The summed E-state index contributed by atoms with van der Waals surface area (Å²) in [4.78, 5) is 20.9. The molecule has 150 valence electrons. The van der Waals surface area contributed by atoms with E-state index in [9.17, 15) is 4.79 Å². The van der Waals surface area contributed by atoms with E-state index in [0.29, 0.717) is 19.6 Å². The van der Waals surface area contributed by atoms with E-state index < -0.39 is 5.60 Å². The molecule has 2 aliphatic heterocycles. The zero-order valence-corrected chi connectivity index (χ0v) is 19.2. The number of fused-ring (bicyclic) bond motifs is 1. The van der Waals surface area contributed by atoms with Gasteiger partial charge in [-0.3, -0.25) is 4.99 Å². The lowest BCUT2D eigenvalue weighted by Gasteiger charge is -2.39. The lowest BCUT2D eigenvalue weighted by molar-refractivity contribution is 0.0137. The van der Waals surface area contributed by atoms with Gasteiger partial charge in [0.2, 0.25) is 0 Å². The Morgan fingerprint density at radius 1 is 1.30 bits per heavy atom. The largest absolute Gasteiger partial charge is 0.444 e. The fourth-order valence-electron chi connectivity index (χ4n) is 3.19. The van der Waals surface area contributed by atoms with Crippen LogP contribution in [0.25, 0.3) is 0 Å². The summed E-state index contributed by atoms with van der Waals surface area (Å²) in [6.07, 6.45) is 0.680. The Morgan fingerprint density at radius 2 is 2.00 bits per heavy atom. The van der Waals surface area contributed by atoms with Crippen LogP contribution in [0.5, 0.6) is 0 Å². The highest BCUT2D eigenvalue weighted by atomic mass is 127. The summed E-state index contributed by atoms with van der Waals surface area (Å²) in [7, 11) is 0. The molecule has 1 aromatic carbocycles. The first kappa shape index (κ1) is 22.1. The summed E-state index contributed by atoms with van der Waals surface area (Å²) in [5.74, 6) is 0.938. The minimum absolute atomic E-state index is 0. The minimum Gasteiger partial charge on any atom is -0.444 e. The lowest BCUT2D eigenvalue weighted by Crippen LogP contribution is -2.57. The molecule has 1 amide bonds. The molecule has 1 N–H and O–H groups in total. The van der Waals surface area contributed by atoms with E-state index in [1.807, 2.05) is 45.0 Å². The van der Waals surface area contributed by atoms with Gasteiger partial charge in [-0.25, -0.2) is 4.79 Å². The first-order chi connectivity index (χ1) is 12.3. The molecule has 2 heterocycles. The Kier molecular flexibility index (Phi) is 7.62. The zero-order chi connectivity index (χ0) is 18.7. The van der Waals surface area contributed by atoms with Crippen molar-refractivity contribution in [2.75, 3.05) is 32.7 Å². The maximum Gasteiger partial charge on any atom is 0.410 e. The molecule has 2 aliphatic rings. The molecule has 1 fully saturated rings. The predicted molar refractivity (Wildman–Crippen MR) is 119 cm³/mol. The van der Waals surface area contributed by atoms with Crippen molar-refractivity contribution < 1.29 is 9.53 Å². The number of nitrogens with one attached hydrogen (secondary N) is 1. The maximum atomic E-state index is 12.3. The number of rotatable bonds is 3. The Balaban J connectivity index is 0.00000261. The van der Waals surface area contributed by atoms with Gasteiger partial charge in [0.15, 0.2) is 5.96 Å². The van der Waals surface area contributed by atoms with Crippen LogP contribution in [-0.2, 0) is 11.2 Å². The van der Waals surface area contributed by atoms with E-state index in [-0.39, 0.29) is 36.1 Å². The highest BCUT2D eigenvalue weighted by molar-refractivity contribution is 14.0. The average Bonchev–Trinajstić information content (AvgIpc) is 2.97. The van der Waals surface area contributed by atoms with Gasteiger partial charge in [0.1, 0.15) is 5.60 Å². The van der Waals surface area contributed by atoms with Crippen LogP contribution in [0.4, 0.5) is 4.79 Å². The van der Waals surface area contributed by atoms with Crippen molar-refractivity contribution >= 4 is 47.6 Å². The van der Waals surface area contributed by atoms with Crippen LogP contribution in [0.3, 0.4) is 0 Å². The van der Waals surface area contributed by atoms with Gasteiger partial charge in [-0.1, -0.05) is 23.7 Å². The molecule has 3 rings (SSSR count). The molecule has 8 heteroatoms. The van der Waals surface area contributed by atoms with Crippen LogP contribution < -0.4 is 5.32 Å². The smallest absolute Gasteiger partial charge is 0.410 e. The monoisotopic (exact) mass is 506 g/mol. The fourth-order valence-corrected chi connectivity index (χ4v) is 3.32. The summed E-state index contributed by atoms with van der Waals surface area (Å²) in [5.41, 5.74) is 0.779. The molecule has 1 unspecified atom stereocenters. The number of halogens is 2. The SMILES string of the molecule is CC(C)(C)OC(=O)N1CCN2C(NCCc3ccc(Cl)cc3)=NCC2C1.I. The van der Waals surface area contributed by atoms with E-state index in [2.05, 4.69) is 15.2 Å². The van der Waals surface area contributed by atoms with Crippen LogP contribution in [0.1, 0.15) is 26.3 Å². The number of nitrogens with zero attached hydrogens (tertiary/aromatic N) is 3. The van der Waals surface area contributed by atoms with Gasteiger partial charge in [0.25, 0.3) is 0 Å². The van der Waals surface area contributed by atoms with Gasteiger partial charge in [0.05, 0.1) is 12.6 Å². The van der Waals surface area contributed by atoms with Crippen molar-refractivity contribution in [3.63, 3.8) is 0 Å². The molecule has 0 saturated carbocycles. The van der Waals surface area contributed by atoms with Gasteiger partial charge in [-0.15, -0.1) is 24.0 Å². The molecule has 27 heavy (non-hydrogen) atoms. The number of amides is 1. The Hall–Kier alpha value is -1.22. The number of aliphatic imine (C=N–C) groups is 1. The van der Waals surface area contributed by atoms with Crippen molar-refractivity contribution in [1.29, 1.82) is 0 Å². The summed E-state index contributed by atoms with van der Waals surface area (Å²) < 4.78 is 5.48. The Labute approximate surface area is 183 Å². The first-order valence-corrected chi connectivity index (χ1v) is 9.47. The average molecular weight is 507 g/mol. The molecular formula is C19H28ClIN4O2. The van der Waals surface area contributed by atoms with E-state index in [1.54, 1.807) is 4.90 Å². The number of ether oxygens (including phenoxy) is 1. The number of benzene rings is 1. The number of hydrogen-bond acceptors (Lipinski definition) is 5. The summed E-state index contributed by atoms with van der Waals surface area (Å²) in [6.45, 7) is 9.29. The molecule has 0 spiro atoms. The standard InChI is InChI=1S/C19H27ClN4O2.HI/c1-19(2,3)26-18(25)23-10-11-24-16(13-23)12-22-17(24)21-9-8-14-4-6-15(20)7-5-14;/h4-7,16H,8-13H2,1-3H3,(H,21,22);1H. The van der Waals surface area contributed by atoms with Crippen molar-refractivity contribution in [2.45, 2.75) is 38.8 Å². The van der Waals surface area contributed by atoms with Crippen LogP contribution in [0.15, 0.2) is 29.3 Å². The Morgan fingerprint density at radius 3 is 2.67 bits per heavy atom. The van der Waals surface area contributed by atoms with Crippen LogP contribution in [0.2, 0.25) is 5.02 Å². The second-order valence-corrected chi connectivity index (χ2v) is 8.18. The van der Waals surface area contributed by atoms with Gasteiger partial charge in [-0.05, 0) is 44.9 Å². The molecular weight excluding hydrogens is 479 g/mol. The van der Waals surface area contributed by atoms with Crippen molar-refractivity contribution in [2.24, 2.45) is 4.99 Å². The molecule has 0 radical (unpaired) electrons. The van der Waals surface area contributed by atoms with Crippen molar-refractivity contribution in [3.8, 4) is 0 Å². The predicted octanol–water partition coefficient (Wildman–Crippen LogP) is 3.38. The number of guanidine groups is 1. The third kappa shape index (κ3) is 6.14. The third-order valence-electron chi connectivity index (χ3n) is 4.47. The number of hydrogen-bond donors (Lipinski definition) is 1. The van der Waals surface area contributed by atoms with Gasteiger partial charge < -0.3 is 19.9 Å². The fraction of sp³-hybridized carbons (Fsp3) is 0.579. The van der Waals surface area contributed by atoms with E-state index in [1.165, 1.54) is 5.56 Å². The zero-order valence-electron chi connectivity index (χ0n) is 16.1. The van der Waals surface area contributed by atoms with Crippen molar-refractivity contribution in [1.82, 2.24) is 15.1 Å². The normalized spacial score (nSPS) is 19.1. The summed E-state index contributed by atoms with van der Waals surface area (Å²) >= 11 is 5.92. The highest BCUT2D eigenvalue weighted by Gasteiger charge is 2.36. The molecule has 6 nitrogen and oxygen atoms in total.